The van der Waals surface area contributed by atoms with Gasteiger partial charge in [0.25, 0.3) is 11.8 Å². The van der Waals surface area contributed by atoms with E-state index >= 15 is 0 Å². The van der Waals surface area contributed by atoms with Crippen LogP contribution >= 0.6 is 0 Å². The highest BCUT2D eigenvalue weighted by Gasteiger charge is 2.39. The molecule has 1 saturated carbocycles. The molecule has 0 N–H and O–H groups in total. The average molecular weight is 471 g/mol. The normalized spacial score (nSPS) is 18.1. The first-order valence-electron chi connectivity index (χ1n) is 12.2. The molecule has 0 spiro atoms. The van der Waals surface area contributed by atoms with Gasteiger partial charge in [-0.1, -0.05) is 55.7 Å². The molecular weight excluding hydrogens is 440 g/mol. The van der Waals surface area contributed by atoms with Crippen molar-refractivity contribution in [3.8, 4) is 17.6 Å². The van der Waals surface area contributed by atoms with Crippen molar-refractivity contribution in [3.05, 3.63) is 76.4 Å². The van der Waals surface area contributed by atoms with Crippen LogP contribution in [0, 0.1) is 11.3 Å². The van der Waals surface area contributed by atoms with Gasteiger partial charge in [0.05, 0.1) is 6.61 Å². The van der Waals surface area contributed by atoms with Crippen molar-refractivity contribution >= 4 is 17.9 Å². The van der Waals surface area contributed by atoms with Crippen LogP contribution in [0.5, 0.6) is 11.5 Å². The second-order valence-electron chi connectivity index (χ2n) is 8.86. The van der Waals surface area contributed by atoms with Gasteiger partial charge < -0.3 is 9.47 Å². The zero-order chi connectivity index (χ0) is 24.8. The Morgan fingerprint density at radius 2 is 1.74 bits per heavy atom. The highest BCUT2D eigenvalue weighted by atomic mass is 16.5. The minimum Gasteiger partial charge on any atom is -0.490 e. The zero-order valence-electron chi connectivity index (χ0n) is 20.3. The summed E-state index contributed by atoms with van der Waals surface area (Å²) in [5.74, 6) is 0.375. The molecule has 0 radical (unpaired) electrons. The van der Waals surface area contributed by atoms with Gasteiger partial charge in [0.2, 0.25) is 0 Å². The maximum atomic E-state index is 13.5. The molecule has 0 saturated heterocycles. The third-order valence-corrected chi connectivity index (χ3v) is 6.53. The van der Waals surface area contributed by atoms with Gasteiger partial charge in [0.15, 0.2) is 11.5 Å². The Morgan fingerprint density at radius 3 is 2.43 bits per heavy atom. The summed E-state index contributed by atoms with van der Waals surface area (Å²) in [7, 11) is 0. The number of rotatable bonds is 7. The number of hydrogen-bond donors (Lipinski definition) is 0. The van der Waals surface area contributed by atoms with Crippen molar-refractivity contribution < 1.29 is 19.1 Å². The van der Waals surface area contributed by atoms with E-state index in [2.05, 4.69) is 0 Å². The molecule has 1 fully saturated rings. The van der Waals surface area contributed by atoms with Crippen molar-refractivity contribution in [2.24, 2.45) is 0 Å². The Balaban J connectivity index is 1.66. The Morgan fingerprint density at radius 1 is 1.00 bits per heavy atom. The molecule has 1 aliphatic carbocycles. The average Bonchev–Trinajstić information content (AvgIpc) is 2.88. The van der Waals surface area contributed by atoms with Gasteiger partial charge in [-0.2, -0.15) is 5.26 Å². The Hall–Kier alpha value is -3.85. The lowest BCUT2D eigenvalue weighted by Crippen LogP contribution is -2.49. The maximum absolute atomic E-state index is 13.5. The summed E-state index contributed by atoms with van der Waals surface area (Å²) in [6.07, 6.45) is 6.37. The SMILES string of the molecule is CCOc1cc(/C=C2/C(=O)N(C3CCCCC3)C(=O)C(C#N)=C2C)ccc1OCc1ccccc1. The largest absolute Gasteiger partial charge is 0.490 e. The summed E-state index contributed by atoms with van der Waals surface area (Å²) < 4.78 is 11.8. The summed E-state index contributed by atoms with van der Waals surface area (Å²) in [6, 6.07) is 17.2. The number of carbonyl (C=O) groups excluding carboxylic acids is 2. The van der Waals surface area contributed by atoms with E-state index in [1.807, 2.05) is 61.5 Å². The number of ether oxygens (including phenoxy) is 2. The molecule has 180 valence electrons. The van der Waals surface area contributed by atoms with Crippen LogP contribution in [-0.2, 0) is 16.2 Å². The Bertz CT molecular complexity index is 1200. The third-order valence-electron chi connectivity index (χ3n) is 6.53. The van der Waals surface area contributed by atoms with E-state index in [0.29, 0.717) is 35.9 Å². The number of carbonyl (C=O) groups is 2. The van der Waals surface area contributed by atoms with Gasteiger partial charge >= 0.3 is 0 Å². The molecule has 0 atom stereocenters. The van der Waals surface area contributed by atoms with Crippen LogP contribution in [0.25, 0.3) is 6.08 Å². The predicted molar refractivity (Wildman–Crippen MR) is 133 cm³/mol. The zero-order valence-corrected chi connectivity index (χ0v) is 20.3. The number of hydrogen-bond acceptors (Lipinski definition) is 5. The topological polar surface area (TPSA) is 79.6 Å². The van der Waals surface area contributed by atoms with Crippen molar-refractivity contribution in [2.75, 3.05) is 6.61 Å². The highest BCUT2D eigenvalue weighted by molar-refractivity contribution is 6.19. The molecule has 1 heterocycles. The quantitative estimate of drug-likeness (QED) is 0.389. The number of benzene rings is 2. The molecule has 0 unspecified atom stereocenters. The van der Waals surface area contributed by atoms with Crippen LogP contribution in [0.4, 0.5) is 0 Å². The molecule has 2 aromatic rings. The Labute approximate surface area is 206 Å². The van der Waals surface area contributed by atoms with Crippen LogP contribution in [0.1, 0.15) is 57.1 Å². The molecule has 35 heavy (non-hydrogen) atoms. The van der Waals surface area contributed by atoms with Crippen molar-refractivity contribution in [3.63, 3.8) is 0 Å². The minimum atomic E-state index is -0.473. The van der Waals surface area contributed by atoms with Gasteiger partial charge in [-0.15, -0.1) is 0 Å². The van der Waals surface area contributed by atoms with E-state index in [9.17, 15) is 14.9 Å². The molecule has 4 rings (SSSR count). The first-order valence-corrected chi connectivity index (χ1v) is 12.2. The molecule has 2 amide bonds. The summed E-state index contributed by atoms with van der Waals surface area (Å²) in [4.78, 5) is 27.8. The number of imide groups is 1. The number of nitrogens with zero attached hydrogens (tertiary/aromatic N) is 2. The van der Waals surface area contributed by atoms with Gasteiger partial charge in [-0.05, 0) is 61.6 Å². The lowest BCUT2D eigenvalue weighted by atomic mass is 9.88. The van der Waals surface area contributed by atoms with E-state index in [1.54, 1.807) is 13.0 Å². The van der Waals surface area contributed by atoms with Crippen LogP contribution in [0.2, 0.25) is 0 Å². The Kier molecular flexibility index (Phi) is 7.67. The summed E-state index contributed by atoms with van der Waals surface area (Å²) in [5.41, 5.74) is 2.60. The first kappa shape index (κ1) is 24.3. The van der Waals surface area contributed by atoms with E-state index in [1.165, 1.54) is 4.90 Å². The van der Waals surface area contributed by atoms with Crippen molar-refractivity contribution in [2.45, 2.75) is 58.6 Å². The molecule has 0 bridgehead atoms. The van der Waals surface area contributed by atoms with Crippen LogP contribution in [-0.4, -0.2) is 29.4 Å². The van der Waals surface area contributed by atoms with Crippen LogP contribution in [0.3, 0.4) is 0 Å². The third kappa shape index (κ3) is 5.30. The second kappa shape index (κ2) is 11.1. The first-order chi connectivity index (χ1) is 17.0. The summed E-state index contributed by atoms with van der Waals surface area (Å²) in [5, 5.41) is 9.69. The van der Waals surface area contributed by atoms with Gasteiger partial charge in [0.1, 0.15) is 18.2 Å². The monoisotopic (exact) mass is 470 g/mol. The fourth-order valence-electron chi connectivity index (χ4n) is 4.67. The molecule has 1 aliphatic heterocycles. The number of nitriles is 1. The molecule has 2 aliphatic rings. The maximum Gasteiger partial charge on any atom is 0.271 e. The molecular formula is C29H30N2O4. The van der Waals surface area contributed by atoms with E-state index in [-0.39, 0.29) is 17.5 Å². The summed E-state index contributed by atoms with van der Waals surface area (Å²) >= 11 is 0. The molecule has 6 nitrogen and oxygen atoms in total. The fraction of sp³-hybridized carbons (Fsp3) is 0.345. The minimum absolute atomic E-state index is 0.0364. The lowest BCUT2D eigenvalue weighted by molar-refractivity contribution is -0.143. The molecule has 0 aromatic heterocycles. The van der Waals surface area contributed by atoms with Gasteiger partial charge in [-0.25, -0.2) is 0 Å². The lowest BCUT2D eigenvalue weighted by Gasteiger charge is -2.36. The van der Waals surface area contributed by atoms with E-state index in [4.69, 9.17) is 9.47 Å². The van der Waals surface area contributed by atoms with Crippen molar-refractivity contribution in [1.82, 2.24) is 4.90 Å². The smallest absolute Gasteiger partial charge is 0.271 e. The van der Waals surface area contributed by atoms with Crippen LogP contribution < -0.4 is 9.47 Å². The van der Waals surface area contributed by atoms with Crippen molar-refractivity contribution in [1.29, 1.82) is 5.26 Å². The van der Waals surface area contributed by atoms with Gasteiger partial charge in [0, 0.05) is 11.6 Å². The van der Waals surface area contributed by atoms with Crippen LogP contribution in [0.15, 0.2) is 65.3 Å². The predicted octanol–water partition coefficient (Wildman–Crippen LogP) is 5.59. The second-order valence-corrected chi connectivity index (χ2v) is 8.86. The highest BCUT2D eigenvalue weighted by Crippen LogP contribution is 2.34. The molecule has 2 aromatic carbocycles. The fourth-order valence-corrected chi connectivity index (χ4v) is 4.67. The molecule has 6 heteroatoms. The van der Waals surface area contributed by atoms with E-state index < -0.39 is 5.91 Å². The van der Waals surface area contributed by atoms with E-state index in [0.717, 1.165) is 43.2 Å². The summed E-state index contributed by atoms with van der Waals surface area (Å²) in [6.45, 7) is 4.43. The standard InChI is InChI=1S/C29H30N2O4/c1-3-34-27-17-22(14-15-26(27)35-19-21-10-6-4-7-11-21)16-24-20(2)25(18-30)29(33)31(28(24)32)23-12-8-5-9-13-23/h4,6-7,10-11,14-17,23H,3,5,8-9,12-13,19H2,1-2H3/b24-16+. The number of amides is 2. The van der Waals surface area contributed by atoms with Gasteiger partial charge in [-0.3, -0.25) is 14.5 Å².